The SMILES string of the molecule is CC(C)(C)C1CCC2(CC1)OC(=O)C(N=Nc1nccs1)=C(O)O2. The molecule has 1 aliphatic heterocycles. The Morgan fingerprint density at radius 3 is 2.54 bits per heavy atom. The maximum absolute atomic E-state index is 12.2. The number of nitrogens with zero attached hydrogens (tertiary/aromatic N) is 3. The number of aliphatic hydroxyl groups is 1. The van der Waals surface area contributed by atoms with E-state index >= 15 is 0 Å². The molecule has 1 spiro atoms. The van der Waals surface area contributed by atoms with Gasteiger partial charge in [0.15, 0.2) is 0 Å². The van der Waals surface area contributed by atoms with Crippen molar-refractivity contribution in [2.45, 2.75) is 52.2 Å². The van der Waals surface area contributed by atoms with E-state index in [-0.39, 0.29) is 11.1 Å². The van der Waals surface area contributed by atoms with Gasteiger partial charge in [0, 0.05) is 24.4 Å². The van der Waals surface area contributed by atoms with Crippen molar-refractivity contribution >= 4 is 22.4 Å². The van der Waals surface area contributed by atoms with Crippen LogP contribution in [-0.4, -0.2) is 21.8 Å². The molecule has 0 saturated heterocycles. The molecule has 0 bridgehead atoms. The van der Waals surface area contributed by atoms with Crippen molar-refractivity contribution in [2.24, 2.45) is 21.6 Å². The van der Waals surface area contributed by atoms with Crippen LogP contribution in [-0.2, 0) is 14.3 Å². The fraction of sp³-hybridized carbons (Fsp3) is 0.625. The van der Waals surface area contributed by atoms with E-state index in [1.165, 1.54) is 11.3 Å². The van der Waals surface area contributed by atoms with Crippen molar-refractivity contribution in [3.8, 4) is 0 Å². The predicted molar refractivity (Wildman–Crippen MR) is 87.6 cm³/mol. The first-order chi connectivity index (χ1) is 11.3. The number of aromatic nitrogens is 1. The Hall–Kier alpha value is -1.96. The molecule has 0 aromatic carbocycles. The van der Waals surface area contributed by atoms with Crippen molar-refractivity contribution in [1.82, 2.24) is 4.98 Å². The zero-order chi connectivity index (χ0) is 17.4. The normalized spacial score (nSPS) is 28.3. The first-order valence-corrected chi connectivity index (χ1v) is 8.84. The molecule has 1 aromatic rings. The summed E-state index contributed by atoms with van der Waals surface area (Å²) in [7, 11) is 0. The number of esters is 1. The average Bonchev–Trinajstić information content (AvgIpc) is 2.99. The molecule has 3 rings (SSSR count). The monoisotopic (exact) mass is 351 g/mol. The molecule has 2 heterocycles. The fourth-order valence-electron chi connectivity index (χ4n) is 3.12. The molecule has 1 N–H and O–H groups in total. The Balaban J connectivity index is 1.72. The van der Waals surface area contributed by atoms with Crippen molar-refractivity contribution in [1.29, 1.82) is 0 Å². The molecule has 1 aromatic heterocycles. The van der Waals surface area contributed by atoms with Gasteiger partial charge >= 0.3 is 11.9 Å². The van der Waals surface area contributed by atoms with Crippen molar-refractivity contribution in [3.05, 3.63) is 23.2 Å². The number of thiazole rings is 1. The van der Waals surface area contributed by atoms with Gasteiger partial charge in [0.05, 0.1) is 0 Å². The van der Waals surface area contributed by atoms with E-state index in [0.717, 1.165) is 12.8 Å². The Morgan fingerprint density at radius 2 is 2.00 bits per heavy atom. The summed E-state index contributed by atoms with van der Waals surface area (Å²) in [6.07, 6.45) is 4.44. The smallest absolute Gasteiger partial charge is 0.369 e. The first-order valence-electron chi connectivity index (χ1n) is 7.96. The summed E-state index contributed by atoms with van der Waals surface area (Å²) >= 11 is 1.27. The van der Waals surface area contributed by atoms with Crippen LogP contribution in [0.3, 0.4) is 0 Å². The van der Waals surface area contributed by atoms with Crippen LogP contribution in [0.5, 0.6) is 0 Å². The van der Waals surface area contributed by atoms with Gasteiger partial charge in [-0.2, -0.15) is 0 Å². The third-order valence-electron chi connectivity index (χ3n) is 4.58. The molecule has 0 atom stereocenters. The quantitative estimate of drug-likeness (QED) is 0.627. The van der Waals surface area contributed by atoms with Gasteiger partial charge in [-0.15, -0.1) is 21.6 Å². The minimum absolute atomic E-state index is 0.200. The van der Waals surface area contributed by atoms with Crippen molar-refractivity contribution in [3.63, 3.8) is 0 Å². The van der Waals surface area contributed by atoms with Gasteiger partial charge in [-0.3, -0.25) is 0 Å². The number of aliphatic hydroxyl groups excluding tert-OH is 1. The molecule has 7 nitrogen and oxygen atoms in total. The molecule has 0 amide bonds. The Labute approximate surface area is 144 Å². The van der Waals surface area contributed by atoms with Crippen LogP contribution in [0.2, 0.25) is 0 Å². The van der Waals surface area contributed by atoms with E-state index < -0.39 is 17.7 Å². The Bertz CT molecular complexity index is 668. The van der Waals surface area contributed by atoms with E-state index in [4.69, 9.17) is 9.47 Å². The predicted octanol–water partition coefficient (Wildman–Crippen LogP) is 4.46. The van der Waals surface area contributed by atoms with E-state index in [0.29, 0.717) is 23.9 Å². The number of hydrogen-bond acceptors (Lipinski definition) is 8. The van der Waals surface area contributed by atoms with Gasteiger partial charge in [0.2, 0.25) is 5.13 Å². The highest BCUT2D eigenvalue weighted by Crippen LogP contribution is 2.45. The van der Waals surface area contributed by atoms with E-state index in [1.54, 1.807) is 11.6 Å². The topological polar surface area (TPSA) is 93.4 Å². The van der Waals surface area contributed by atoms with E-state index in [9.17, 15) is 9.90 Å². The summed E-state index contributed by atoms with van der Waals surface area (Å²) in [5, 5.41) is 19.7. The zero-order valence-corrected chi connectivity index (χ0v) is 14.8. The highest BCUT2D eigenvalue weighted by molar-refractivity contribution is 7.13. The van der Waals surface area contributed by atoms with Crippen LogP contribution in [0.1, 0.15) is 46.5 Å². The summed E-state index contributed by atoms with van der Waals surface area (Å²) in [5.74, 6) is -1.79. The van der Waals surface area contributed by atoms with Crippen molar-refractivity contribution in [2.75, 3.05) is 0 Å². The summed E-state index contributed by atoms with van der Waals surface area (Å²) < 4.78 is 11.0. The van der Waals surface area contributed by atoms with E-state index in [2.05, 4.69) is 36.0 Å². The third kappa shape index (κ3) is 3.43. The van der Waals surface area contributed by atoms with Gasteiger partial charge in [-0.25, -0.2) is 9.78 Å². The molecule has 8 heteroatoms. The fourth-order valence-corrected chi connectivity index (χ4v) is 3.57. The maximum Gasteiger partial charge on any atom is 0.369 e. The third-order valence-corrected chi connectivity index (χ3v) is 5.24. The van der Waals surface area contributed by atoms with Gasteiger partial charge in [-0.05, 0) is 24.2 Å². The second-order valence-corrected chi connectivity index (χ2v) is 8.08. The maximum atomic E-state index is 12.2. The van der Waals surface area contributed by atoms with Crippen LogP contribution >= 0.6 is 11.3 Å². The standard InChI is InChI=1S/C16H21N3O4S/c1-15(2,3)10-4-6-16(7-5-10)22-12(20)11(13(21)23-16)18-19-14-17-8-9-24-14/h8-10,20H,4-7H2,1-3H3. The number of ether oxygens (including phenoxy) is 2. The second kappa shape index (κ2) is 6.16. The number of rotatable bonds is 2. The molecule has 1 aliphatic carbocycles. The highest BCUT2D eigenvalue weighted by atomic mass is 32.1. The molecule has 1 fully saturated rings. The molecule has 0 radical (unpaired) electrons. The highest BCUT2D eigenvalue weighted by Gasteiger charge is 2.48. The van der Waals surface area contributed by atoms with Gasteiger partial charge in [-0.1, -0.05) is 20.8 Å². The summed E-state index contributed by atoms with van der Waals surface area (Å²) in [6.45, 7) is 6.62. The lowest BCUT2D eigenvalue weighted by molar-refractivity contribution is -0.255. The largest absolute Gasteiger partial charge is 0.479 e. The van der Waals surface area contributed by atoms with Crippen LogP contribution in [0.15, 0.2) is 33.4 Å². The molecule has 0 unspecified atom stereocenters. The van der Waals surface area contributed by atoms with Gasteiger partial charge in [0.25, 0.3) is 11.5 Å². The molecular weight excluding hydrogens is 330 g/mol. The zero-order valence-electron chi connectivity index (χ0n) is 14.0. The van der Waals surface area contributed by atoms with E-state index in [1.807, 2.05) is 0 Å². The van der Waals surface area contributed by atoms with Crippen LogP contribution in [0.4, 0.5) is 5.13 Å². The van der Waals surface area contributed by atoms with Crippen LogP contribution in [0, 0.1) is 11.3 Å². The Morgan fingerprint density at radius 1 is 1.29 bits per heavy atom. The molecular formula is C16H21N3O4S. The number of carbonyl (C=O) groups is 1. The number of azo groups is 1. The lowest BCUT2D eigenvalue weighted by Gasteiger charge is -2.43. The first kappa shape index (κ1) is 16.9. The second-order valence-electron chi connectivity index (χ2n) is 7.21. The Kier molecular flexibility index (Phi) is 4.33. The summed E-state index contributed by atoms with van der Waals surface area (Å²) in [6, 6.07) is 0. The van der Waals surface area contributed by atoms with Gasteiger partial charge < -0.3 is 14.6 Å². The lowest BCUT2D eigenvalue weighted by Crippen LogP contribution is -2.46. The molecule has 2 aliphatic rings. The lowest BCUT2D eigenvalue weighted by atomic mass is 9.71. The molecule has 24 heavy (non-hydrogen) atoms. The summed E-state index contributed by atoms with van der Waals surface area (Å²) in [5.41, 5.74) is -0.126. The minimum atomic E-state index is -1.08. The van der Waals surface area contributed by atoms with Crippen molar-refractivity contribution < 1.29 is 19.4 Å². The van der Waals surface area contributed by atoms with Crippen LogP contribution in [0.25, 0.3) is 0 Å². The molecule has 130 valence electrons. The van der Waals surface area contributed by atoms with Gasteiger partial charge in [0.1, 0.15) is 0 Å². The molecule has 1 saturated carbocycles. The summed E-state index contributed by atoms with van der Waals surface area (Å²) in [4.78, 5) is 16.2. The van der Waals surface area contributed by atoms with Crippen LogP contribution < -0.4 is 0 Å². The average molecular weight is 351 g/mol. The number of hydrogen-bond donors (Lipinski definition) is 1. The minimum Gasteiger partial charge on any atom is -0.479 e. The number of carbonyl (C=O) groups excluding carboxylic acids is 1.